The fourth-order valence-corrected chi connectivity index (χ4v) is 3.38. The molecule has 0 atom stereocenters. The van der Waals surface area contributed by atoms with E-state index in [1.807, 2.05) is 30.3 Å². The lowest BCUT2D eigenvalue weighted by Gasteiger charge is -2.17. The SMILES string of the molecule is COCCCNS(=O)(=O)c1cccc(C(=O)N(C)c2ccccc2)c1. The van der Waals surface area contributed by atoms with Crippen LogP contribution in [0.15, 0.2) is 59.5 Å². The van der Waals surface area contributed by atoms with Crippen LogP contribution in [0.5, 0.6) is 0 Å². The Bertz CT molecular complexity index is 807. The van der Waals surface area contributed by atoms with Crippen LogP contribution in [-0.4, -0.2) is 41.6 Å². The summed E-state index contributed by atoms with van der Waals surface area (Å²) in [5.41, 5.74) is 1.05. The third kappa shape index (κ3) is 5.12. The van der Waals surface area contributed by atoms with Crippen molar-refractivity contribution in [1.29, 1.82) is 0 Å². The first-order chi connectivity index (χ1) is 12.0. The lowest BCUT2D eigenvalue weighted by atomic mass is 10.2. The molecule has 0 fully saturated rings. The van der Waals surface area contributed by atoms with Crippen molar-refractivity contribution in [3.8, 4) is 0 Å². The Morgan fingerprint density at radius 2 is 1.84 bits per heavy atom. The molecule has 0 aromatic heterocycles. The summed E-state index contributed by atoms with van der Waals surface area (Å²) < 4.78 is 32.1. The molecule has 0 heterocycles. The molecule has 0 radical (unpaired) electrons. The van der Waals surface area contributed by atoms with Gasteiger partial charge in [0, 0.05) is 38.6 Å². The Labute approximate surface area is 148 Å². The van der Waals surface area contributed by atoms with E-state index >= 15 is 0 Å². The fraction of sp³-hybridized carbons (Fsp3) is 0.278. The third-order valence-electron chi connectivity index (χ3n) is 3.66. The average molecular weight is 362 g/mol. The summed E-state index contributed by atoms with van der Waals surface area (Å²) in [6.45, 7) is 0.751. The fourth-order valence-electron chi connectivity index (χ4n) is 2.27. The minimum absolute atomic E-state index is 0.0669. The van der Waals surface area contributed by atoms with Gasteiger partial charge in [0.25, 0.3) is 5.91 Å². The van der Waals surface area contributed by atoms with Crippen LogP contribution in [0.1, 0.15) is 16.8 Å². The molecule has 6 nitrogen and oxygen atoms in total. The third-order valence-corrected chi connectivity index (χ3v) is 5.12. The van der Waals surface area contributed by atoms with Crippen LogP contribution < -0.4 is 9.62 Å². The summed E-state index contributed by atoms with van der Waals surface area (Å²) >= 11 is 0. The minimum atomic E-state index is -3.66. The van der Waals surface area contributed by atoms with Crippen LogP contribution in [0.2, 0.25) is 0 Å². The number of sulfonamides is 1. The van der Waals surface area contributed by atoms with E-state index in [0.717, 1.165) is 5.69 Å². The van der Waals surface area contributed by atoms with E-state index in [9.17, 15) is 13.2 Å². The number of nitrogens with one attached hydrogen (secondary N) is 1. The van der Waals surface area contributed by atoms with Gasteiger partial charge in [-0.25, -0.2) is 13.1 Å². The van der Waals surface area contributed by atoms with Crippen LogP contribution in [0.4, 0.5) is 5.69 Å². The van der Waals surface area contributed by atoms with Crippen molar-refractivity contribution in [3.63, 3.8) is 0 Å². The van der Waals surface area contributed by atoms with Gasteiger partial charge in [-0.2, -0.15) is 0 Å². The number of hydrogen-bond donors (Lipinski definition) is 1. The summed E-state index contributed by atoms with van der Waals surface area (Å²) in [5, 5.41) is 0. The van der Waals surface area contributed by atoms with Gasteiger partial charge in [0.1, 0.15) is 0 Å². The van der Waals surface area contributed by atoms with E-state index in [4.69, 9.17) is 4.74 Å². The molecule has 25 heavy (non-hydrogen) atoms. The Kier molecular flexibility index (Phi) is 6.69. The molecule has 2 rings (SSSR count). The van der Waals surface area contributed by atoms with Crippen molar-refractivity contribution >= 4 is 21.6 Å². The van der Waals surface area contributed by atoms with Crippen molar-refractivity contribution in [3.05, 3.63) is 60.2 Å². The molecule has 2 aromatic carbocycles. The number of hydrogen-bond acceptors (Lipinski definition) is 4. The zero-order valence-corrected chi connectivity index (χ0v) is 15.1. The summed E-state index contributed by atoms with van der Waals surface area (Å²) in [6, 6.07) is 15.2. The van der Waals surface area contributed by atoms with Crippen molar-refractivity contribution in [2.75, 3.05) is 32.2 Å². The van der Waals surface area contributed by atoms with E-state index < -0.39 is 10.0 Å². The standard InChI is InChI=1S/C18H22N2O4S/c1-20(16-9-4-3-5-10-16)18(21)15-8-6-11-17(14-15)25(22,23)19-12-7-13-24-2/h3-6,8-11,14,19H,7,12-13H2,1-2H3. The van der Waals surface area contributed by atoms with Gasteiger partial charge in [-0.05, 0) is 36.8 Å². The lowest BCUT2D eigenvalue weighted by molar-refractivity contribution is 0.0993. The molecule has 7 heteroatoms. The maximum absolute atomic E-state index is 12.6. The second-order valence-corrected chi connectivity index (χ2v) is 7.24. The van der Waals surface area contributed by atoms with Gasteiger partial charge >= 0.3 is 0 Å². The number of methoxy groups -OCH3 is 1. The molecule has 134 valence electrons. The number of carbonyl (C=O) groups excluding carboxylic acids is 1. The predicted molar refractivity (Wildman–Crippen MR) is 97.3 cm³/mol. The van der Waals surface area contributed by atoms with Crippen molar-refractivity contribution in [1.82, 2.24) is 4.72 Å². The van der Waals surface area contributed by atoms with E-state index in [1.165, 1.54) is 17.0 Å². The Hall–Kier alpha value is -2.22. The Balaban J connectivity index is 2.16. The average Bonchev–Trinajstić information content (AvgIpc) is 2.65. The maximum atomic E-state index is 12.6. The number of amides is 1. The first-order valence-corrected chi connectivity index (χ1v) is 9.36. The quantitative estimate of drug-likeness (QED) is 0.731. The molecular formula is C18H22N2O4S. The number of para-hydroxylation sites is 1. The van der Waals surface area contributed by atoms with Gasteiger partial charge in [-0.3, -0.25) is 4.79 Å². The molecule has 0 bridgehead atoms. The van der Waals surface area contributed by atoms with Gasteiger partial charge in [0.15, 0.2) is 0 Å². The molecule has 0 aliphatic heterocycles. The minimum Gasteiger partial charge on any atom is -0.385 e. The van der Waals surface area contributed by atoms with Gasteiger partial charge in [0.2, 0.25) is 10.0 Å². The largest absolute Gasteiger partial charge is 0.385 e. The number of anilines is 1. The molecule has 1 amide bonds. The molecule has 2 aromatic rings. The van der Waals surface area contributed by atoms with Crippen molar-refractivity contribution in [2.45, 2.75) is 11.3 Å². The highest BCUT2D eigenvalue weighted by molar-refractivity contribution is 7.89. The molecule has 0 aliphatic carbocycles. The van der Waals surface area contributed by atoms with Crippen LogP contribution >= 0.6 is 0 Å². The Morgan fingerprint density at radius 3 is 2.52 bits per heavy atom. The molecule has 0 saturated heterocycles. The zero-order chi connectivity index (χ0) is 18.3. The molecule has 0 unspecified atom stereocenters. The van der Waals surface area contributed by atoms with Crippen LogP contribution in [0.25, 0.3) is 0 Å². The lowest BCUT2D eigenvalue weighted by Crippen LogP contribution is -2.28. The molecule has 1 N–H and O–H groups in total. The number of carbonyl (C=O) groups is 1. The summed E-state index contributed by atoms with van der Waals surface area (Å²) in [7, 11) is -0.446. The predicted octanol–water partition coefficient (Wildman–Crippen LogP) is 2.28. The first-order valence-electron chi connectivity index (χ1n) is 7.87. The Morgan fingerprint density at radius 1 is 1.12 bits per heavy atom. The summed E-state index contributed by atoms with van der Waals surface area (Å²) in [4.78, 5) is 14.2. The molecule has 0 saturated carbocycles. The summed E-state index contributed by atoms with van der Waals surface area (Å²) in [6.07, 6.45) is 0.575. The number of nitrogens with zero attached hydrogens (tertiary/aromatic N) is 1. The molecule has 0 spiro atoms. The topological polar surface area (TPSA) is 75.7 Å². The van der Waals surface area contributed by atoms with Gasteiger partial charge in [-0.15, -0.1) is 0 Å². The highest BCUT2D eigenvalue weighted by atomic mass is 32.2. The summed E-state index contributed by atoms with van der Waals surface area (Å²) in [5.74, 6) is -0.275. The monoisotopic (exact) mass is 362 g/mol. The number of ether oxygens (including phenoxy) is 1. The second kappa shape index (κ2) is 8.75. The highest BCUT2D eigenvalue weighted by Crippen LogP contribution is 2.17. The number of rotatable bonds is 8. The second-order valence-electron chi connectivity index (χ2n) is 5.47. The van der Waals surface area contributed by atoms with Crippen LogP contribution in [0.3, 0.4) is 0 Å². The normalized spacial score (nSPS) is 11.3. The van der Waals surface area contributed by atoms with E-state index in [0.29, 0.717) is 18.6 Å². The van der Waals surface area contributed by atoms with Crippen LogP contribution in [0, 0.1) is 0 Å². The highest BCUT2D eigenvalue weighted by Gasteiger charge is 2.18. The van der Waals surface area contributed by atoms with Gasteiger partial charge in [0.05, 0.1) is 4.90 Å². The van der Waals surface area contributed by atoms with Gasteiger partial charge < -0.3 is 9.64 Å². The molecule has 0 aliphatic rings. The van der Waals surface area contributed by atoms with Crippen molar-refractivity contribution in [2.24, 2.45) is 0 Å². The van der Waals surface area contributed by atoms with Crippen molar-refractivity contribution < 1.29 is 17.9 Å². The van der Waals surface area contributed by atoms with E-state index in [2.05, 4.69) is 4.72 Å². The van der Waals surface area contributed by atoms with E-state index in [-0.39, 0.29) is 17.3 Å². The maximum Gasteiger partial charge on any atom is 0.258 e. The zero-order valence-electron chi connectivity index (χ0n) is 14.3. The van der Waals surface area contributed by atoms with Gasteiger partial charge in [-0.1, -0.05) is 24.3 Å². The molecular weight excluding hydrogens is 340 g/mol. The smallest absolute Gasteiger partial charge is 0.258 e. The van der Waals surface area contributed by atoms with E-state index in [1.54, 1.807) is 26.3 Å². The number of benzene rings is 2. The first kappa shape index (κ1) is 19.1. The van der Waals surface area contributed by atoms with Crippen LogP contribution in [-0.2, 0) is 14.8 Å².